The lowest BCUT2D eigenvalue weighted by Gasteiger charge is -2.24. The fourth-order valence-corrected chi connectivity index (χ4v) is 3.99. The van der Waals surface area contributed by atoms with Gasteiger partial charge in [0.2, 0.25) is 15.9 Å². The molecule has 0 radical (unpaired) electrons. The van der Waals surface area contributed by atoms with Crippen LogP contribution < -0.4 is 19.1 Å². The Morgan fingerprint density at radius 1 is 1.13 bits per heavy atom. The number of esters is 1. The van der Waals surface area contributed by atoms with Crippen LogP contribution in [0, 0.1) is 0 Å². The van der Waals surface area contributed by atoms with Gasteiger partial charge in [-0.15, -0.1) is 0 Å². The number of carbonyl (C=O) groups excluding carboxylic acids is 2. The number of hydrogen-bond donors (Lipinski definition) is 1. The molecule has 166 valence electrons. The van der Waals surface area contributed by atoms with E-state index in [-0.39, 0.29) is 22.9 Å². The van der Waals surface area contributed by atoms with Crippen molar-refractivity contribution in [1.82, 2.24) is 0 Å². The molecular weight excluding hydrogens is 448 g/mol. The number of carbonyl (C=O) groups is 2. The van der Waals surface area contributed by atoms with Gasteiger partial charge < -0.3 is 19.5 Å². The Morgan fingerprint density at radius 3 is 2.48 bits per heavy atom. The largest absolute Gasteiger partial charge is 0.486 e. The molecule has 0 spiro atoms. The van der Waals surface area contributed by atoms with E-state index in [1.54, 1.807) is 13.0 Å². The summed E-state index contributed by atoms with van der Waals surface area (Å²) in [7, 11) is -3.78. The zero-order valence-electron chi connectivity index (χ0n) is 16.9. The molecule has 3 rings (SSSR count). The first kappa shape index (κ1) is 22.7. The highest BCUT2D eigenvalue weighted by Crippen LogP contribution is 2.34. The molecule has 0 aliphatic carbocycles. The fourth-order valence-electron chi connectivity index (χ4n) is 2.89. The van der Waals surface area contributed by atoms with Crippen molar-refractivity contribution in [3.8, 4) is 11.5 Å². The number of halogens is 1. The van der Waals surface area contributed by atoms with Crippen molar-refractivity contribution in [2.75, 3.05) is 42.2 Å². The average molecular weight is 469 g/mol. The second kappa shape index (κ2) is 9.44. The van der Waals surface area contributed by atoms with Crippen molar-refractivity contribution < 1.29 is 32.2 Å². The van der Waals surface area contributed by atoms with Crippen molar-refractivity contribution in [2.45, 2.75) is 6.92 Å². The molecule has 31 heavy (non-hydrogen) atoms. The van der Waals surface area contributed by atoms with Crippen molar-refractivity contribution in [1.29, 1.82) is 0 Å². The van der Waals surface area contributed by atoms with Gasteiger partial charge >= 0.3 is 5.97 Å². The molecule has 0 unspecified atom stereocenters. The van der Waals surface area contributed by atoms with Gasteiger partial charge in [-0.25, -0.2) is 13.2 Å². The SMILES string of the molecule is CCOC(=O)c1ccc(NC(=O)CN(c2ccc3c(c2)OCCO3)S(C)(=O)=O)cc1Cl. The van der Waals surface area contributed by atoms with Gasteiger partial charge in [-0.2, -0.15) is 0 Å². The molecule has 0 saturated carbocycles. The number of hydrogen-bond acceptors (Lipinski definition) is 7. The molecule has 0 bridgehead atoms. The normalized spacial score (nSPS) is 12.7. The first-order valence-electron chi connectivity index (χ1n) is 9.33. The van der Waals surface area contributed by atoms with Crippen LogP contribution in [-0.2, 0) is 19.6 Å². The van der Waals surface area contributed by atoms with E-state index in [0.29, 0.717) is 30.4 Å². The Kier molecular flexibility index (Phi) is 6.91. The molecule has 0 atom stereocenters. The quantitative estimate of drug-likeness (QED) is 0.622. The molecule has 0 saturated heterocycles. The van der Waals surface area contributed by atoms with E-state index in [1.165, 1.54) is 30.3 Å². The third-order valence-electron chi connectivity index (χ3n) is 4.25. The van der Waals surface area contributed by atoms with Crippen LogP contribution in [-0.4, -0.2) is 52.9 Å². The van der Waals surface area contributed by atoms with Crippen LogP contribution in [0.5, 0.6) is 11.5 Å². The summed E-state index contributed by atoms with van der Waals surface area (Å²) >= 11 is 6.10. The van der Waals surface area contributed by atoms with E-state index in [2.05, 4.69) is 5.32 Å². The van der Waals surface area contributed by atoms with Crippen LogP contribution in [0.2, 0.25) is 5.02 Å². The number of nitrogens with one attached hydrogen (secondary N) is 1. The summed E-state index contributed by atoms with van der Waals surface area (Å²) in [6, 6.07) is 8.92. The van der Waals surface area contributed by atoms with Gasteiger partial charge in [0.1, 0.15) is 19.8 Å². The molecule has 9 nitrogen and oxygen atoms in total. The van der Waals surface area contributed by atoms with Crippen LogP contribution in [0.25, 0.3) is 0 Å². The molecule has 11 heteroatoms. The summed E-state index contributed by atoms with van der Waals surface area (Å²) in [6.45, 7) is 2.15. The molecular formula is C20H21ClN2O7S. The molecule has 0 fully saturated rings. The van der Waals surface area contributed by atoms with E-state index in [9.17, 15) is 18.0 Å². The van der Waals surface area contributed by atoms with Crippen LogP contribution in [0.15, 0.2) is 36.4 Å². The number of benzene rings is 2. The maximum atomic E-state index is 12.6. The van der Waals surface area contributed by atoms with Crippen molar-refractivity contribution in [2.24, 2.45) is 0 Å². The molecule has 1 amide bonds. The topological polar surface area (TPSA) is 111 Å². The summed E-state index contributed by atoms with van der Waals surface area (Å²) in [4.78, 5) is 24.4. The molecule has 2 aromatic carbocycles. The van der Waals surface area contributed by atoms with Crippen LogP contribution in [0.1, 0.15) is 17.3 Å². The fraction of sp³-hybridized carbons (Fsp3) is 0.300. The molecule has 1 N–H and O–H groups in total. The second-order valence-corrected chi connectivity index (χ2v) is 8.87. The minimum atomic E-state index is -3.78. The van der Waals surface area contributed by atoms with E-state index in [0.717, 1.165) is 10.6 Å². The standard InChI is InChI=1S/C20H21ClN2O7S/c1-3-28-20(25)15-6-4-13(10-16(15)21)22-19(24)12-23(31(2,26)27)14-5-7-17-18(11-14)30-9-8-29-17/h4-7,10-11H,3,8-9,12H2,1-2H3,(H,22,24). The molecule has 1 heterocycles. The van der Waals surface area contributed by atoms with Crippen molar-refractivity contribution in [3.63, 3.8) is 0 Å². The number of ether oxygens (including phenoxy) is 3. The number of sulfonamides is 1. The predicted octanol–water partition coefficient (Wildman–Crippen LogP) is 2.69. The summed E-state index contributed by atoms with van der Waals surface area (Å²) in [5.41, 5.74) is 0.729. The first-order valence-corrected chi connectivity index (χ1v) is 11.6. The summed E-state index contributed by atoms with van der Waals surface area (Å²) in [6.07, 6.45) is 1.00. The maximum absolute atomic E-state index is 12.6. The van der Waals surface area contributed by atoms with Crippen molar-refractivity contribution in [3.05, 3.63) is 47.0 Å². The zero-order valence-corrected chi connectivity index (χ0v) is 18.5. The molecule has 0 aromatic heterocycles. The van der Waals surface area contributed by atoms with Gasteiger partial charge in [-0.1, -0.05) is 11.6 Å². The van der Waals surface area contributed by atoms with E-state index >= 15 is 0 Å². The third-order valence-corrected chi connectivity index (χ3v) is 5.70. The Labute approximate surface area is 184 Å². The van der Waals surface area contributed by atoms with Gasteiger partial charge in [-0.3, -0.25) is 9.10 Å². The molecule has 2 aromatic rings. The lowest BCUT2D eigenvalue weighted by atomic mass is 10.2. The third kappa shape index (κ3) is 5.59. The van der Waals surface area contributed by atoms with E-state index < -0.39 is 28.4 Å². The highest BCUT2D eigenvalue weighted by Gasteiger charge is 2.23. The Hall–Kier alpha value is -2.98. The van der Waals surface area contributed by atoms with Crippen molar-refractivity contribution >= 4 is 44.9 Å². The Morgan fingerprint density at radius 2 is 1.84 bits per heavy atom. The van der Waals surface area contributed by atoms with Gasteiger partial charge in [0.05, 0.1) is 29.1 Å². The molecule has 1 aliphatic rings. The summed E-state index contributed by atoms with van der Waals surface area (Å²) in [5.74, 6) is -0.268. The van der Waals surface area contributed by atoms with E-state index in [4.69, 9.17) is 25.8 Å². The van der Waals surface area contributed by atoms with Gasteiger partial charge in [0, 0.05) is 11.8 Å². The van der Waals surface area contributed by atoms with Crippen LogP contribution in [0.4, 0.5) is 11.4 Å². The Bertz CT molecular complexity index is 1100. The number of fused-ring (bicyclic) bond motifs is 1. The Balaban J connectivity index is 1.76. The minimum absolute atomic E-state index is 0.100. The maximum Gasteiger partial charge on any atom is 0.339 e. The molecule has 1 aliphatic heterocycles. The predicted molar refractivity (Wildman–Crippen MR) is 116 cm³/mol. The number of amides is 1. The van der Waals surface area contributed by atoms with Gasteiger partial charge in [0.15, 0.2) is 11.5 Å². The number of rotatable bonds is 7. The lowest BCUT2D eigenvalue weighted by Crippen LogP contribution is -2.37. The zero-order chi connectivity index (χ0) is 22.6. The number of anilines is 2. The van der Waals surface area contributed by atoms with Crippen LogP contribution in [0.3, 0.4) is 0 Å². The highest BCUT2D eigenvalue weighted by molar-refractivity contribution is 7.92. The average Bonchev–Trinajstić information content (AvgIpc) is 2.71. The highest BCUT2D eigenvalue weighted by atomic mass is 35.5. The minimum Gasteiger partial charge on any atom is -0.486 e. The monoisotopic (exact) mass is 468 g/mol. The number of nitrogens with zero attached hydrogens (tertiary/aromatic N) is 1. The first-order chi connectivity index (χ1) is 14.7. The van der Waals surface area contributed by atoms with E-state index in [1.807, 2.05) is 0 Å². The second-order valence-electron chi connectivity index (χ2n) is 6.56. The van der Waals surface area contributed by atoms with Gasteiger partial charge in [0.25, 0.3) is 0 Å². The lowest BCUT2D eigenvalue weighted by molar-refractivity contribution is -0.114. The summed E-state index contributed by atoms with van der Waals surface area (Å²) in [5, 5.41) is 2.68. The summed E-state index contributed by atoms with van der Waals surface area (Å²) < 4.78 is 41.4. The van der Waals surface area contributed by atoms with Crippen LogP contribution >= 0.6 is 11.6 Å². The smallest absolute Gasteiger partial charge is 0.339 e. The van der Waals surface area contributed by atoms with Gasteiger partial charge in [-0.05, 0) is 37.3 Å².